The van der Waals surface area contributed by atoms with Crippen molar-refractivity contribution in [1.29, 1.82) is 0 Å². The van der Waals surface area contributed by atoms with Crippen LogP contribution in [0.1, 0.15) is 32.7 Å². The maximum Gasteiger partial charge on any atom is 0.255 e. The van der Waals surface area contributed by atoms with Crippen molar-refractivity contribution in [3.8, 4) is 5.75 Å². The molecule has 2 N–H and O–H groups in total. The molecule has 0 saturated carbocycles. The molecule has 0 aromatic heterocycles. The molecule has 0 fully saturated rings. The predicted octanol–water partition coefficient (Wildman–Crippen LogP) is 4.79. The zero-order valence-electron chi connectivity index (χ0n) is 16.1. The van der Waals surface area contributed by atoms with Crippen LogP contribution in [0.3, 0.4) is 0 Å². The van der Waals surface area contributed by atoms with Gasteiger partial charge in [-0.2, -0.15) is 12.6 Å². The van der Waals surface area contributed by atoms with Crippen molar-refractivity contribution < 1.29 is 18.7 Å². The van der Waals surface area contributed by atoms with Crippen molar-refractivity contribution >= 4 is 35.8 Å². The second-order valence-corrected chi connectivity index (χ2v) is 7.51. The zero-order chi connectivity index (χ0) is 21.3. The fraction of sp³-hybridized carbons (Fsp3) is 0.130. The van der Waals surface area contributed by atoms with Gasteiger partial charge in [0.15, 0.2) is 0 Å². The summed E-state index contributed by atoms with van der Waals surface area (Å²) in [5.74, 6) is -0.874. The molecule has 30 heavy (non-hydrogen) atoms. The molecule has 0 saturated heterocycles. The van der Waals surface area contributed by atoms with Crippen molar-refractivity contribution in [3.63, 3.8) is 0 Å². The Labute approximate surface area is 178 Å². The second kappa shape index (κ2) is 8.20. The number of anilines is 2. The maximum atomic E-state index is 13.7. The lowest BCUT2D eigenvalue weighted by Gasteiger charge is -2.18. The fourth-order valence-electron chi connectivity index (χ4n) is 3.51. The van der Waals surface area contributed by atoms with Gasteiger partial charge < -0.3 is 15.4 Å². The summed E-state index contributed by atoms with van der Waals surface area (Å²) in [5, 5.41) is 5.11. The van der Waals surface area contributed by atoms with Crippen LogP contribution < -0.4 is 15.4 Å². The van der Waals surface area contributed by atoms with Gasteiger partial charge in [0.1, 0.15) is 11.6 Å². The number of benzene rings is 3. The van der Waals surface area contributed by atoms with E-state index < -0.39 is 17.0 Å². The minimum Gasteiger partial charge on any atom is -0.497 e. The molecule has 1 aliphatic heterocycles. The Morgan fingerprint density at radius 3 is 2.63 bits per heavy atom. The van der Waals surface area contributed by atoms with Gasteiger partial charge in [-0.25, -0.2) is 4.39 Å². The number of thiol groups is 1. The van der Waals surface area contributed by atoms with E-state index in [1.807, 2.05) is 6.07 Å². The van der Waals surface area contributed by atoms with Crippen LogP contribution in [0.15, 0.2) is 66.7 Å². The number of amides is 2. The SMILES string of the molecule is COc1ccc(C(=O)Nc2cccc([C@@H](S)[C@H]3C(=O)Nc4ccc(F)cc43)c2)cc1. The van der Waals surface area contributed by atoms with Crippen molar-refractivity contribution in [3.05, 3.63) is 89.2 Å². The standard InChI is InChI=1S/C23H19FN2O3S/c1-29-17-8-5-13(6-9-17)22(27)25-16-4-2-3-14(11-16)21(30)20-18-12-15(24)7-10-19(18)26-23(20)28/h2-12,20-21,30H,1H3,(H,25,27)(H,26,28)/t20-,21+/m0/s1. The first-order valence-corrected chi connectivity index (χ1v) is 9.81. The van der Waals surface area contributed by atoms with Crippen LogP contribution in [0.4, 0.5) is 15.8 Å². The molecular weight excluding hydrogens is 403 g/mol. The van der Waals surface area contributed by atoms with E-state index in [2.05, 4.69) is 23.3 Å². The van der Waals surface area contributed by atoms with Crippen LogP contribution in [0.5, 0.6) is 5.75 Å². The molecule has 7 heteroatoms. The molecule has 3 aromatic carbocycles. The monoisotopic (exact) mass is 422 g/mol. The summed E-state index contributed by atoms with van der Waals surface area (Å²) < 4.78 is 18.8. The number of ether oxygens (including phenoxy) is 1. The van der Waals surface area contributed by atoms with Gasteiger partial charge in [-0.1, -0.05) is 12.1 Å². The highest BCUT2D eigenvalue weighted by atomic mass is 32.1. The number of carbonyl (C=O) groups excluding carboxylic acids is 2. The topological polar surface area (TPSA) is 67.4 Å². The summed E-state index contributed by atoms with van der Waals surface area (Å²) in [6, 6.07) is 18.1. The molecule has 3 aromatic rings. The quantitative estimate of drug-likeness (QED) is 0.518. The molecule has 1 aliphatic rings. The number of rotatable bonds is 5. The molecule has 0 bridgehead atoms. The lowest BCUT2D eigenvalue weighted by Crippen LogP contribution is -2.17. The minimum atomic E-state index is -0.633. The first-order chi connectivity index (χ1) is 14.5. The number of carbonyl (C=O) groups is 2. The van der Waals surface area contributed by atoms with Gasteiger partial charge >= 0.3 is 0 Å². The van der Waals surface area contributed by atoms with Crippen molar-refractivity contribution in [2.45, 2.75) is 11.2 Å². The van der Waals surface area contributed by atoms with E-state index in [9.17, 15) is 14.0 Å². The Morgan fingerprint density at radius 1 is 1.13 bits per heavy atom. The summed E-state index contributed by atoms with van der Waals surface area (Å²) in [4.78, 5) is 25.0. The Bertz CT molecular complexity index is 1120. The lowest BCUT2D eigenvalue weighted by atomic mass is 9.92. The Kier molecular flexibility index (Phi) is 5.46. The lowest BCUT2D eigenvalue weighted by molar-refractivity contribution is -0.117. The smallest absolute Gasteiger partial charge is 0.255 e. The van der Waals surface area contributed by atoms with Crippen LogP contribution >= 0.6 is 12.6 Å². The van der Waals surface area contributed by atoms with Crippen LogP contribution in [-0.4, -0.2) is 18.9 Å². The average molecular weight is 422 g/mol. The van der Waals surface area contributed by atoms with E-state index in [0.717, 1.165) is 5.56 Å². The number of halogens is 1. The minimum absolute atomic E-state index is 0.233. The highest BCUT2D eigenvalue weighted by Gasteiger charge is 2.36. The molecule has 0 spiro atoms. The van der Waals surface area contributed by atoms with Gasteiger partial charge in [0.05, 0.1) is 13.0 Å². The van der Waals surface area contributed by atoms with Crippen molar-refractivity contribution in [2.24, 2.45) is 0 Å². The van der Waals surface area contributed by atoms with Gasteiger partial charge in [0.25, 0.3) is 5.91 Å². The van der Waals surface area contributed by atoms with Gasteiger partial charge in [-0.05, 0) is 65.7 Å². The van der Waals surface area contributed by atoms with Gasteiger partial charge in [0, 0.05) is 22.2 Å². The van der Waals surface area contributed by atoms with E-state index in [1.54, 1.807) is 55.6 Å². The Hall–Kier alpha value is -3.32. The largest absolute Gasteiger partial charge is 0.497 e. The molecule has 4 rings (SSSR count). The van der Waals surface area contributed by atoms with E-state index in [1.165, 1.54) is 12.1 Å². The van der Waals surface area contributed by atoms with E-state index in [4.69, 9.17) is 4.74 Å². The van der Waals surface area contributed by atoms with E-state index in [0.29, 0.717) is 28.3 Å². The normalized spacial score (nSPS) is 15.8. The van der Waals surface area contributed by atoms with Gasteiger partial charge in [0.2, 0.25) is 5.91 Å². The first-order valence-electron chi connectivity index (χ1n) is 9.30. The number of nitrogens with one attached hydrogen (secondary N) is 2. The third-order valence-electron chi connectivity index (χ3n) is 5.04. The summed E-state index contributed by atoms with van der Waals surface area (Å²) in [6.07, 6.45) is 0. The van der Waals surface area contributed by atoms with E-state index in [-0.39, 0.29) is 11.8 Å². The van der Waals surface area contributed by atoms with Gasteiger partial charge in [-0.15, -0.1) is 0 Å². The van der Waals surface area contributed by atoms with Crippen LogP contribution in [0.2, 0.25) is 0 Å². The van der Waals surface area contributed by atoms with Gasteiger partial charge in [-0.3, -0.25) is 9.59 Å². The third-order valence-corrected chi connectivity index (χ3v) is 5.64. The molecule has 1 heterocycles. The number of fused-ring (bicyclic) bond motifs is 1. The molecule has 0 radical (unpaired) electrons. The van der Waals surface area contributed by atoms with Crippen molar-refractivity contribution in [2.75, 3.05) is 17.7 Å². The third kappa shape index (κ3) is 3.89. The second-order valence-electron chi connectivity index (χ2n) is 6.95. The average Bonchev–Trinajstić information content (AvgIpc) is 3.08. The summed E-state index contributed by atoms with van der Waals surface area (Å²) in [6.45, 7) is 0. The fourth-order valence-corrected chi connectivity index (χ4v) is 3.97. The highest BCUT2D eigenvalue weighted by molar-refractivity contribution is 7.80. The maximum absolute atomic E-state index is 13.7. The molecule has 2 amide bonds. The van der Waals surface area contributed by atoms with E-state index >= 15 is 0 Å². The van der Waals surface area contributed by atoms with Crippen LogP contribution in [0, 0.1) is 5.82 Å². The number of methoxy groups -OCH3 is 1. The van der Waals surface area contributed by atoms with Crippen LogP contribution in [0.25, 0.3) is 0 Å². The predicted molar refractivity (Wildman–Crippen MR) is 117 cm³/mol. The first kappa shape index (κ1) is 20.0. The molecule has 2 atom stereocenters. The molecule has 0 aliphatic carbocycles. The summed E-state index contributed by atoms with van der Waals surface area (Å²) in [7, 11) is 1.56. The number of hydrogen-bond acceptors (Lipinski definition) is 4. The summed E-state index contributed by atoms with van der Waals surface area (Å²) in [5.41, 5.74) is 2.97. The Morgan fingerprint density at radius 2 is 1.90 bits per heavy atom. The van der Waals surface area contributed by atoms with Crippen molar-refractivity contribution in [1.82, 2.24) is 0 Å². The summed E-state index contributed by atoms with van der Waals surface area (Å²) >= 11 is 4.65. The highest BCUT2D eigenvalue weighted by Crippen LogP contribution is 2.44. The van der Waals surface area contributed by atoms with Crippen LogP contribution in [-0.2, 0) is 4.79 Å². The molecule has 5 nitrogen and oxygen atoms in total. The molecule has 152 valence electrons. The Balaban J connectivity index is 1.55. The molecule has 0 unspecified atom stereocenters. The number of hydrogen-bond donors (Lipinski definition) is 3. The zero-order valence-corrected chi connectivity index (χ0v) is 16.9. The molecular formula is C23H19FN2O3S.